The van der Waals surface area contributed by atoms with Crippen molar-refractivity contribution in [3.8, 4) is 0 Å². The van der Waals surface area contributed by atoms with Crippen molar-refractivity contribution < 1.29 is 13.2 Å². The van der Waals surface area contributed by atoms with Gasteiger partial charge in [-0.2, -0.15) is 0 Å². The number of rotatable bonds is 8. The van der Waals surface area contributed by atoms with Crippen molar-refractivity contribution >= 4 is 16.0 Å². The molecule has 1 aromatic rings. The van der Waals surface area contributed by atoms with Crippen LogP contribution < -0.4 is 15.4 Å². The topological polar surface area (TPSA) is 91.8 Å². The lowest BCUT2D eigenvalue weighted by Crippen LogP contribution is -2.45. The molecule has 0 aliphatic heterocycles. The largest absolute Gasteiger partial charge is 0.379 e. The van der Waals surface area contributed by atoms with Gasteiger partial charge in [-0.1, -0.05) is 39.0 Å². The average Bonchev–Trinajstić information content (AvgIpc) is 2.57. The number of methoxy groups -OCH3 is 1. The van der Waals surface area contributed by atoms with Gasteiger partial charge in [0.2, 0.25) is 10.0 Å². The van der Waals surface area contributed by atoms with Crippen molar-refractivity contribution in [2.75, 3.05) is 20.2 Å². The van der Waals surface area contributed by atoms with Crippen molar-refractivity contribution in [2.45, 2.75) is 71.5 Å². The second-order valence-corrected chi connectivity index (χ2v) is 10.8. The summed E-state index contributed by atoms with van der Waals surface area (Å²) in [6.45, 7) is 15.3. The molecule has 0 saturated heterocycles. The third-order valence-corrected chi connectivity index (χ3v) is 6.02. The van der Waals surface area contributed by atoms with E-state index >= 15 is 0 Å². The quantitative estimate of drug-likeness (QED) is 0.439. The van der Waals surface area contributed by atoms with Crippen LogP contribution >= 0.6 is 0 Å². The van der Waals surface area contributed by atoms with Crippen LogP contribution in [0.4, 0.5) is 0 Å². The monoisotopic (exact) mass is 426 g/mol. The number of ether oxygens (including phenoxy) is 1. The summed E-state index contributed by atoms with van der Waals surface area (Å²) in [5, 5.41) is 6.49. The Labute approximate surface area is 176 Å². The Morgan fingerprint density at radius 3 is 2.24 bits per heavy atom. The lowest BCUT2D eigenvalue weighted by molar-refractivity contribution is 0.0205. The molecule has 0 saturated carbocycles. The molecule has 0 heterocycles. The van der Waals surface area contributed by atoms with E-state index in [0.717, 1.165) is 0 Å². The third-order valence-electron chi connectivity index (χ3n) is 4.16. The van der Waals surface area contributed by atoms with Gasteiger partial charge in [0.15, 0.2) is 5.96 Å². The van der Waals surface area contributed by atoms with E-state index in [1.54, 1.807) is 25.3 Å². The van der Waals surface area contributed by atoms with E-state index in [4.69, 9.17) is 4.74 Å². The summed E-state index contributed by atoms with van der Waals surface area (Å²) in [6.07, 6.45) is 0.00926. The van der Waals surface area contributed by atoms with Gasteiger partial charge in [-0.25, -0.2) is 18.1 Å². The Kier molecular flexibility index (Phi) is 9.11. The summed E-state index contributed by atoms with van der Waals surface area (Å²) < 4.78 is 33.9. The summed E-state index contributed by atoms with van der Waals surface area (Å²) in [4.78, 5) is 4.84. The predicted molar refractivity (Wildman–Crippen MR) is 120 cm³/mol. The maximum absolute atomic E-state index is 12.8. The van der Waals surface area contributed by atoms with Gasteiger partial charge in [0.1, 0.15) is 0 Å². The van der Waals surface area contributed by atoms with Crippen LogP contribution in [0, 0.1) is 5.41 Å². The fourth-order valence-corrected chi connectivity index (χ4v) is 4.44. The molecule has 3 N–H and O–H groups in total. The molecule has 0 radical (unpaired) electrons. The van der Waals surface area contributed by atoms with Crippen molar-refractivity contribution in [3.63, 3.8) is 0 Å². The number of guanidine groups is 1. The first-order valence-electron chi connectivity index (χ1n) is 9.97. The maximum Gasteiger partial charge on any atom is 0.241 e. The minimum atomic E-state index is -3.64. The summed E-state index contributed by atoms with van der Waals surface area (Å²) in [7, 11) is -1.94. The normalized spacial score (nSPS) is 14.6. The highest BCUT2D eigenvalue weighted by atomic mass is 32.2. The molecule has 0 aliphatic carbocycles. The van der Waals surface area contributed by atoms with E-state index in [1.165, 1.54) is 0 Å². The van der Waals surface area contributed by atoms with E-state index in [2.05, 4.69) is 41.1 Å². The zero-order valence-electron chi connectivity index (χ0n) is 19.1. The van der Waals surface area contributed by atoms with E-state index in [9.17, 15) is 8.42 Å². The molecule has 166 valence electrons. The van der Waals surface area contributed by atoms with E-state index in [0.29, 0.717) is 24.6 Å². The highest BCUT2D eigenvalue weighted by Gasteiger charge is 2.25. The van der Waals surface area contributed by atoms with E-state index in [-0.39, 0.29) is 23.0 Å². The summed E-state index contributed by atoms with van der Waals surface area (Å²) in [6, 6.07) is 6.94. The molecule has 29 heavy (non-hydrogen) atoms. The van der Waals surface area contributed by atoms with Gasteiger partial charge in [0, 0.05) is 25.7 Å². The molecule has 0 amide bonds. The van der Waals surface area contributed by atoms with Crippen molar-refractivity contribution in [1.29, 1.82) is 0 Å². The number of benzene rings is 1. The molecular weight excluding hydrogens is 388 g/mol. The van der Waals surface area contributed by atoms with Crippen molar-refractivity contribution in [3.05, 3.63) is 29.8 Å². The predicted octanol–water partition coefficient (Wildman–Crippen LogP) is 2.88. The number of nitrogens with zero attached hydrogens (tertiary/aromatic N) is 1. The lowest BCUT2D eigenvalue weighted by Gasteiger charge is -2.30. The van der Waals surface area contributed by atoms with Crippen LogP contribution in [0.1, 0.15) is 54.0 Å². The molecule has 1 rings (SSSR count). The Morgan fingerprint density at radius 1 is 1.10 bits per heavy atom. The number of aliphatic imine (C=N–C) groups is 1. The fourth-order valence-electron chi connectivity index (χ4n) is 2.79. The van der Waals surface area contributed by atoms with Crippen LogP contribution in [0.5, 0.6) is 0 Å². The Balaban J connectivity index is 3.04. The second kappa shape index (κ2) is 10.4. The molecule has 1 aromatic carbocycles. The Morgan fingerprint density at radius 2 is 1.72 bits per heavy atom. The van der Waals surface area contributed by atoms with E-state index < -0.39 is 15.6 Å². The molecule has 0 fully saturated rings. The van der Waals surface area contributed by atoms with Crippen molar-refractivity contribution in [1.82, 2.24) is 15.4 Å². The van der Waals surface area contributed by atoms with Gasteiger partial charge in [0.25, 0.3) is 0 Å². The van der Waals surface area contributed by atoms with Crippen LogP contribution in [0.2, 0.25) is 0 Å². The van der Waals surface area contributed by atoms with Crippen LogP contribution in [0.15, 0.2) is 34.2 Å². The summed E-state index contributed by atoms with van der Waals surface area (Å²) in [5.41, 5.74) is 0.0622. The van der Waals surface area contributed by atoms with Gasteiger partial charge in [-0.05, 0) is 44.7 Å². The summed E-state index contributed by atoms with van der Waals surface area (Å²) >= 11 is 0. The molecule has 1 atom stereocenters. The van der Waals surface area contributed by atoms with Gasteiger partial charge in [-0.15, -0.1) is 0 Å². The Bertz CT molecular complexity index is 778. The van der Waals surface area contributed by atoms with Crippen LogP contribution in [-0.4, -0.2) is 46.2 Å². The fraction of sp³-hybridized carbons (Fsp3) is 0.667. The summed E-state index contributed by atoms with van der Waals surface area (Å²) in [5.74, 6) is 0.620. The molecule has 0 aliphatic rings. The third kappa shape index (κ3) is 8.72. The van der Waals surface area contributed by atoms with Gasteiger partial charge >= 0.3 is 0 Å². The van der Waals surface area contributed by atoms with Crippen LogP contribution in [0.3, 0.4) is 0 Å². The van der Waals surface area contributed by atoms with Crippen LogP contribution in [0.25, 0.3) is 0 Å². The molecule has 1 unspecified atom stereocenters. The first kappa shape index (κ1) is 25.4. The highest BCUT2D eigenvalue weighted by molar-refractivity contribution is 7.89. The molecule has 8 heteroatoms. The standard InChI is InChI=1S/C21H38N4O3S/c1-9-22-19(24-15-18(28-8)20(2,3)4)23-14-16-12-10-11-13-17(16)29(26,27)25-21(5,6)7/h10-13,18,25H,9,14-15H2,1-8H3,(H2,22,23,24). The maximum atomic E-state index is 12.8. The number of sulfonamides is 1. The number of hydrogen-bond acceptors (Lipinski definition) is 4. The molecular formula is C21H38N4O3S. The van der Waals surface area contributed by atoms with Crippen molar-refractivity contribution in [2.24, 2.45) is 10.4 Å². The SMILES string of the molecule is CCNC(=NCc1ccccc1S(=O)(=O)NC(C)(C)C)NCC(OC)C(C)(C)C. The lowest BCUT2D eigenvalue weighted by atomic mass is 9.89. The second-order valence-electron chi connectivity index (χ2n) is 9.13. The minimum absolute atomic E-state index is 0.00926. The minimum Gasteiger partial charge on any atom is -0.379 e. The first-order valence-corrected chi connectivity index (χ1v) is 11.5. The molecule has 0 spiro atoms. The van der Waals surface area contributed by atoms with Gasteiger partial charge < -0.3 is 15.4 Å². The van der Waals surface area contributed by atoms with Crippen LogP contribution in [-0.2, 0) is 21.3 Å². The zero-order chi connectivity index (χ0) is 22.3. The van der Waals surface area contributed by atoms with Gasteiger partial charge in [-0.3, -0.25) is 0 Å². The highest BCUT2D eigenvalue weighted by Crippen LogP contribution is 2.21. The molecule has 7 nitrogen and oxygen atoms in total. The number of hydrogen-bond donors (Lipinski definition) is 3. The number of nitrogens with one attached hydrogen (secondary N) is 3. The zero-order valence-corrected chi connectivity index (χ0v) is 19.9. The molecule has 0 bridgehead atoms. The smallest absolute Gasteiger partial charge is 0.241 e. The molecule has 0 aromatic heterocycles. The first-order chi connectivity index (χ1) is 13.3. The van der Waals surface area contributed by atoms with Gasteiger partial charge in [0.05, 0.1) is 17.5 Å². The average molecular weight is 427 g/mol. The Hall–Kier alpha value is -1.64. The van der Waals surface area contributed by atoms with E-state index in [1.807, 2.05) is 33.8 Å².